The molecule has 30 heavy (non-hydrogen) atoms. The SMILES string of the molecule is CCc1c(C)sc2nc(/C(=C\c3cccc(C)c3)C(=O)N3CCOCC3)[nH]c(=O)c12. The lowest BCUT2D eigenvalue weighted by Crippen LogP contribution is -2.41. The van der Waals surface area contributed by atoms with Gasteiger partial charge in [0.25, 0.3) is 11.5 Å². The minimum atomic E-state index is -0.193. The molecule has 1 aliphatic rings. The number of aromatic amines is 1. The van der Waals surface area contributed by atoms with Gasteiger partial charge in [0.05, 0.1) is 24.2 Å². The Morgan fingerprint density at radius 3 is 2.77 bits per heavy atom. The third kappa shape index (κ3) is 3.95. The van der Waals surface area contributed by atoms with Gasteiger partial charge in [-0.05, 0) is 37.5 Å². The largest absolute Gasteiger partial charge is 0.378 e. The van der Waals surface area contributed by atoms with Crippen LogP contribution in [0.2, 0.25) is 0 Å². The molecule has 156 valence electrons. The van der Waals surface area contributed by atoms with E-state index in [1.165, 1.54) is 11.3 Å². The second-order valence-electron chi connectivity index (χ2n) is 7.46. The third-order valence-corrected chi connectivity index (χ3v) is 6.39. The Balaban J connectivity index is 1.87. The Morgan fingerprint density at radius 2 is 2.07 bits per heavy atom. The molecule has 0 aliphatic carbocycles. The summed E-state index contributed by atoms with van der Waals surface area (Å²) in [5.74, 6) is 0.167. The second-order valence-corrected chi connectivity index (χ2v) is 8.66. The number of aromatic nitrogens is 2. The Labute approximate surface area is 179 Å². The Hall–Kier alpha value is -2.77. The van der Waals surface area contributed by atoms with Crippen molar-refractivity contribution in [3.8, 4) is 0 Å². The molecule has 0 unspecified atom stereocenters. The van der Waals surface area contributed by atoms with Crippen molar-refractivity contribution in [2.45, 2.75) is 27.2 Å². The molecule has 3 heterocycles. The highest BCUT2D eigenvalue weighted by Crippen LogP contribution is 2.29. The van der Waals surface area contributed by atoms with Crippen LogP contribution >= 0.6 is 11.3 Å². The minimum Gasteiger partial charge on any atom is -0.378 e. The van der Waals surface area contributed by atoms with Crippen LogP contribution in [0.4, 0.5) is 0 Å². The number of benzene rings is 1. The summed E-state index contributed by atoms with van der Waals surface area (Å²) in [6.07, 6.45) is 2.59. The van der Waals surface area contributed by atoms with Crippen LogP contribution in [0.1, 0.15) is 34.3 Å². The van der Waals surface area contributed by atoms with Crippen molar-refractivity contribution in [3.63, 3.8) is 0 Å². The van der Waals surface area contributed by atoms with Gasteiger partial charge >= 0.3 is 0 Å². The topological polar surface area (TPSA) is 75.3 Å². The first-order valence-corrected chi connectivity index (χ1v) is 11.0. The van der Waals surface area contributed by atoms with Gasteiger partial charge in [-0.15, -0.1) is 11.3 Å². The van der Waals surface area contributed by atoms with Crippen LogP contribution in [0.15, 0.2) is 29.1 Å². The highest BCUT2D eigenvalue weighted by atomic mass is 32.1. The number of amides is 1. The van der Waals surface area contributed by atoms with Crippen molar-refractivity contribution in [2.75, 3.05) is 26.3 Å². The predicted octanol–water partition coefficient (Wildman–Crippen LogP) is 3.56. The van der Waals surface area contributed by atoms with Crippen molar-refractivity contribution in [2.24, 2.45) is 0 Å². The molecule has 7 heteroatoms. The molecule has 0 spiro atoms. The number of rotatable bonds is 4. The van der Waals surface area contributed by atoms with E-state index in [4.69, 9.17) is 9.72 Å². The Kier molecular flexibility index (Phi) is 5.83. The predicted molar refractivity (Wildman–Crippen MR) is 121 cm³/mol. The van der Waals surface area contributed by atoms with E-state index in [1.807, 2.05) is 51.1 Å². The van der Waals surface area contributed by atoms with E-state index in [0.717, 1.165) is 28.0 Å². The molecule has 0 radical (unpaired) electrons. The molecule has 6 nitrogen and oxygen atoms in total. The Morgan fingerprint density at radius 1 is 1.30 bits per heavy atom. The van der Waals surface area contributed by atoms with Gasteiger partial charge in [0, 0.05) is 18.0 Å². The number of ether oxygens (including phenoxy) is 1. The molecule has 1 N–H and O–H groups in total. The molecule has 1 amide bonds. The number of H-pyrrole nitrogens is 1. The first-order chi connectivity index (χ1) is 14.5. The quantitative estimate of drug-likeness (QED) is 0.651. The summed E-state index contributed by atoms with van der Waals surface area (Å²) in [5, 5.41) is 0.637. The number of nitrogens with one attached hydrogen (secondary N) is 1. The number of morpholine rings is 1. The van der Waals surface area contributed by atoms with E-state index in [9.17, 15) is 9.59 Å². The van der Waals surface area contributed by atoms with Gasteiger partial charge in [0.2, 0.25) is 0 Å². The van der Waals surface area contributed by atoms with E-state index in [-0.39, 0.29) is 11.5 Å². The smallest absolute Gasteiger partial charge is 0.260 e. The lowest BCUT2D eigenvalue weighted by atomic mass is 10.1. The standard InChI is InChI=1S/C23H25N3O3S/c1-4-17-15(3)30-22-19(17)21(27)24-20(25-22)18(13-16-7-5-6-14(2)12-16)23(28)26-8-10-29-11-9-26/h5-7,12-13H,4,8-11H2,1-3H3,(H,24,25,27)/b18-13+. The van der Waals surface area contributed by atoms with Crippen LogP contribution in [-0.2, 0) is 16.0 Å². The van der Waals surface area contributed by atoms with Gasteiger partial charge in [-0.3, -0.25) is 9.59 Å². The number of carbonyl (C=O) groups is 1. The molecule has 2 aromatic heterocycles. The van der Waals surface area contributed by atoms with Crippen LogP contribution in [0.3, 0.4) is 0 Å². The lowest BCUT2D eigenvalue weighted by molar-refractivity contribution is -0.128. The van der Waals surface area contributed by atoms with Gasteiger partial charge in [0.15, 0.2) is 0 Å². The number of hydrogen-bond acceptors (Lipinski definition) is 5. The Bertz CT molecular complexity index is 1190. The van der Waals surface area contributed by atoms with Gasteiger partial charge in [-0.25, -0.2) is 4.98 Å². The molecular weight excluding hydrogens is 398 g/mol. The number of carbonyl (C=O) groups excluding carboxylic acids is 1. The summed E-state index contributed by atoms with van der Waals surface area (Å²) in [6.45, 7) is 8.11. The fourth-order valence-corrected chi connectivity index (χ4v) is 4.94. The maximum Gasteiger partial charge on any atom is 0.260 e. The molecule has 1 fully saturated rings. The van der Waals surface area contributed by atoms with E-state index >= 15 is 0 Å². The summed E-state index contributed by atoms with van der Waals surface area (Å²) < 4.78 is 5.39. The van der Waals surface area contributed by atoms with Crippen molar-refractivity contribution in [1.29, 1.82) is 0 Å². The van der Waals surface area contributed by atoms with Crippen LogP contribution in [-0.4, -0.2) is 47.1 Å². The molecule has 1 saturated heterocycles. The molecule has 1 aliphatic heterocycles. The zero-order chi connectivity index (χ0) is 21.3. The van der Waals surface area contributed by atoms with Gasteiger partial charge in [0.1, 0.15) is 10.7 Å². The maximum absolute atomic E-state index is 13.4. The average Bonchev–Trinajstić information content (AvgIpc) is 3.07. The normalized spacial score (nSPS) is 15.0. The summed E-state index contributed by atoms with van der Waals surface area (Å²) >= 11 is 1.50. The molecule has 0 atom stereocenters. The first kappa shape index (κ1) is 20.5. The number of thiophene rings is 1. The van der Waals surface area contributed by atoms with Crippen LogP contribution in [0, 0.1) is 13.8 Å². The monoisotopic (exact) mass is 423 g/mol. The molecule has 1 aromatic carbocycles. The number of aryl methyl sites for hydroxylation is 3. The molecule has 0 bridgehead atoms. The van der Waals surface area contributed by atoms with Crippen molar-refractivity contribution >= 4 is 39.1 Å². The number of fused-ring (bicyclic) bond motifs is 1. The third-order valence-electron chi connectivity index (χ3n) is 5.35. The molecule has 0 saturated carbocycles. The van der Waals surface area contributed by atoms with Crippen molar-refractivity contribution in [1.82, 2.24) is 14.9 Å². The first-order valence-electron chi connectivity index (χ1n) is 10.2. The van der Waals surface area contributed by atoms with Crippen molar-refractivity contribution < 1.29 is 9.53 Å². The summed E-state index contributed by atoms with van der Waals surface area (Å²) in [4.78, 5) is 37.5. The zero-order valence-electron chi connectivity index (χ0n) is 17.4. The van der Waals surface area contributed by atoms with E-state index in [0.29, 0.717) is 47.9 Å². The lowest BCUT2D eigenvalue weighted by Gasteiger charge is -2.27. The summed E-state index contributed by atoms with van der Waals surface area (Å²) in [6, 6.07) is 7.91. The fourth-order valence-electron chi connectivity index (χ4n) is 3.82. The molecular formula is C23H25N3O3S. The number of nitrogens with zero attached hydrogens (tertiary/aromatic N) is 2. The second kappa shape index (κ2) is 8.53. The molecule has 4 rings (SSSR count). The summed E-state index contributed by atoms with van der Waals surface area (Å²) in [7, 11) is 0. The van der Waals surface area contributed by atoms with E-state index < -0.39 is 0 Å². The van der Waals surface area contributed by atoms with Crippen LogP contribution < -0.4 is 5.56 Å². The van der Waals surface area contributed by atoms with Crippen LogP contribution in [0.5, 0.6) is 0 Å². The minimum absolute atomic E-state index is 0.147. The van der Waals surface area contributed by atoms with E-state index in [2.05, 4.69) is 4.98 Å². The van der Waals surface area contributed by atoms with Gasteiger partial charge in [-0.1, -0.05) is 36.8 Å². The number of hydrogen-bond donors (Lipinski definition) is 1. The van der Waals surface area contributed by atoms with Crippen LogP contribution in [0.25, 0.3) is 21.9 Å². The highest BCUT2D eigenvalue weighted by Gasteiger charge is 2.25. The maximum atomic E-state index is 13.4. The van der Waals surface area contributed by atoms with Gasteiger partial charge < -0.3 is 14.6 Å². The van der Waals surface area contributed by atoms with Crippen molar-refractivity contribution in [3.05, 3.63) is 62.0 Å². The fraction of sp³-hybridized carbons (Fsp3) is 0.348. The zero-order valence-corrected chi connectivity index (χ0v) is 18.3. The summed E-state index contributed by atoms with van der Waals surface area (Å²) in [5.41, 5.74) is 3.22. The highest BCUT2D eigenvalue weighted by molar-refractivity contribution is 7.18. The van der Waals surface area contributed by atoms with E-state index in [1.54, 1.807) is 4.90 Å². The average molecular weight is 424 g/mol. The van der Waals surface area contributed by atoms with Gasteiger partial charge in [-0.2, -0.15) is 0 Å². The molecule has 3 aromatic rings.